The number of guanidine groups is 1. The minimum atomic E-state index is -3.23. The zero-order valence-corrected chi connectivity index (χ0v) is 17.2. The van der Waals surface area contributed by atoms with E-state index in [1.807, 2.05) is 19.1 Å². The fourth-order valence-corrected chi connectivity index (χ4v) is 4.60. The van der Waals surface area contributed by atoms with Crippen molar-refractivity contribution in [2.75, 3.05) is 25.4 Å². The van der Waals surface area contributed by atoms with Crippen molar-refractivity contribution in [3.8, 4) is 0 Å². The molecule has 2 N–H and O–H groups in total. The zero-order valence-electron chi connectivity index (χ0n) is 16.4. The molecule has 1 fully saturated rings. The highest BCUT2D eigenvalue weighted by molar-refractivity contribution is 7.91. The lowest BCUT2D eigenvalue weighted by Crippen LogP contribution is -2.38. The summed E-state index contributed by atoms with van der Waals surface area (Å²) < 4.78 is 24.7. The van der Waals surface area contributed by atoms with Gasteiger partial charge in [0.1, 0.15) is 0 Å². The number of rotatable bonds is 9. The van der Waals surface area contributed by atoms with Gasteiger partial charge in [-0.3, -0.25) is 4.99 Å². The van der Waals surface area contributed by atoms with E-state index in [1.54, 1.807) is 24.3 Å². The maximum Gasteiger partial charge on any atom is 0.191 e. The molecule has 0 aromatic heterocycles. The summed E-state index contributed by atoms with van der Waals surface area (Å²) in [5, 5.41) is 6.52. The van der Waals surface area contributed by atoms with E-state index >= 15 is 0 Å². The fourth-order valence-electron chi connectivity index (χ4n) is 3.27. The molecule has 150 valence electrons. The van der Waals surface area contributed by atoms with Gasteiger partial charge in [0.15, 0.2) is 15.8 Å². The second-order valence-electron chi connectivity index (χ2n) is 7.25. The molecule has 0 spiro atoms. The number of sulfone groups is 1. The van der Waals surface area contributed by atoms with Crippen LogP contribution >= 0.6 is 0 Å². The number of hydrogen-bond acceptors (Lipinski definition) is 3. The number of nitrogens with one attached hydrogen (secondary N) is 2. The van der Waals surface area contributed by atoms with Gasteiger partial charge >= 0.3 is 0 Å². The van der Waals surface area contributed by atoms with Crippen molar-refractivity contribution in [2.24, 2.45) is 4.99 Å². The summed E-state index contributed by atoms with van der Waals surface area (Å²) in [5.41, 5.74) is 1.52. The van der Waals surface area contributed by atoms with E-state index in [1.165, 1.54) is 5.56 Å². The Morgan fingerprint density at radius 3 is 2.25 bits per heavy atom. The van der Waals surface area contributed by atoms with Crippen LogP contribution in [0.2, 0.25) is 0 Å². The van der Waals surface area contributed by atoms with E-state index < -0.39 is 9.84 Å². The van der Waals surface area contributed by atoms with Crippen molar-refractivity contribution < 1.29 is 8.42 Å². The molecular formula is C22H29N3O2S. The Hall–Kier alpha value is -2.34. The van der Waals surface area contributed by atoms with Gasteiger partial charge in [-0.15, -0.1) is 0 Å². The molecular weight excluding hydrogens is 370 g/mol. The van der Waals surface area contributed by atoms with Crippen LogP contribution in [0.25, 0.3) is 0 Å². The van der Waals surface area contributed by atoms with Crippen molar-refractivity contribution in [3.63, 3.8) is 0 Å². The zero-order chi connectivity index (χ0) is 19.9. The summed E-state index contributed by atoms with van der Waals surface area (Å²) in [6, 6.07) is 19.2. The van der Waals surface area contributed by atoms with Crippen LogP contribution in [0.15, 0.2) is 70.6 Å². The largest absolute Gasteiger partial charge is 0.357 e. The quantitative estimate of drug-likeness (QED) is 0.386. The standard InChI is InChI=1S/C22H29N3O2S/c1-2-23-21(25-18-22(14-15-22)19-10-5-3-6-11-19)24-16-9-17-28(26,27)20-12-7-4-8-13-20/h3-8,10-13H,2,9,14-18H2,1H3,(H2,23,24,25). The average molecular weight is 400 g/mol. The van der Waals surface area contributed by atoms with Gasteiger partial charge in [0.2, 0.25) is 0 Å². The lowest BCUT2D eigenvalue weighted by Gasteiger charge is -2.16. The van der Waals surface area contributed by atoms with E-state index in [-0.39, 0.29) is 11.2 Å². The molecule has 1 aliphatic carbocycles. The van der Waals surface area contributed by atoms with Crippen LogP contribution in [0.5, 0.6) is 0 Å². The van der Waals surface area contributed by atoms with Gasteiger partial charge in [0.05, 0.1) is 17.2 Å². The lowest BCUT2D eigenvalue weighted by atomic mass is 9.96. The number of aliphatic imine (C=N–C) groups is 1. The summed E-state index contributed by atoms with van der Waals surface area (Å²) in [7, 11) is -3.23. The molecule has 0 bridgehead atoms. The summed E-state index contributed by atoms with van der Waals surface area (Å²) >= 11 is 0. The van der Waals surface area contributed by atoms with Crippen molar-refractivity contribution in [1.29, 1.82) is 0 Å². The Bertz CT molecular complexity index is 877. The second-order valence-corrected chi connectivity index (χ2v) is 9.36. The minimum absolute atomic E-state index is 0.122. The van der Waals surface area contributed by atoms with E-state index in [2.05, 4.69) is 34.9 Å². The number of hydrogen-bond donors (Lipinski definition) is 2. The Morgan fingerprint density at radius 1 is 1.00 bits per heavy atom. The van der Waals surface area contributed by atoms with Crippen LogP contribution in [0.4, 0.5) is 0 Å². The van der Waals surface area contributed by atoms with E-state index in [4.69, 9.17) is 4.99 Å². The molecule has 28 heavy (non-hydrogen) atoms. The smallest absolute Gasteiger partial charge is 0.191 e. The molecule has 3 rings (SSSR count). The minimum Gasteiger partial charge on any atom is -0.357 e. The molecule has 1 aliphatic rings. The van der Waals surface area contributed by atoms with Gasteiger partial charge in [0.25, 0.3) is 0 Å². The van der Waals surface area contributed by atoms with Crippen LogP contribution in [0, 0.1) is 0 Å². The molecule has 0 radical (unpaired) electrons. The highest BCUT2D eigenvalue weighted by Crippen LogP contribution is 2.48. The summed E-state index contributed by atoms with van der Waals surface area (Å²) in [6.45, 7) is 4.11. The maximum absolute atomic E-state index is 12.4. The van der Waals surface area contributed by atoms with Gasteiger partial charge in [-0.05, 0) is 43.9 Å². The molecule has 0 atom stereocenters. The summed E-state index contributed by atoms with van der Waals surface area (Å²) in [6.07, 6.45) is 2.86. The third-order valence-electron chi connectivity index (χ3n) is 5.11. The molecule has 0 aliphatic heterocycles. The predicted octanol–water partition coefficient (Wildman–Crippen LogP) is 3.14. The molecule has 2 aromatic rings. The average Bonchev–Trinajstić information content (AvgIpc) is 3.52. The van der Waals surface area contributed by atoms with Gasteiger partial charge in [-0.2, -0.15) is 0 Å². The van der Waals surface area contributed by atoms with E-state index in [9.17, 15) is 8.42 Å². The van der Waals surface area contributed by atoms with Crippen molar-refractivity contribution in [3.05, 3.63) is 66.2 Å². The first-order chi connectivity index (χ1) is 13.6. The molecule has 0 unspecified atom stereocenters. The molecule has 0 saturated heterocycles. The first-order valence-electron chi connectivity index (χ1n) is 9.91. The molecule has 5 nitrogen and oxygen atoms in total. The third kappa shape index (κ3) is 5.35. The first-order valence-corrected chi connectivity index (χ1v) is 11.6. The van der Waals surface area contributed by atoms with Crippen LogP contribution in [0.3, 0.4) is 0 Å². The molecule has 6 heteroatoms. The van der Waals surface area contributed by atoms with Gasteiger partial charge in [-0.1, -0.05) is 48.5 Å². The topological polar surface area (TPSA) is 70.6 Å². The molecule has 0 amide bonds. The first kappa shape index (κ1) is 20.4. The van der Waals surface area contributed by atoms with Crippen LogP contribution in [-0.2, 0) is 15.3 Å². The molecule has 1 saturated carbocycles. The highest BCUT2D eigenvalue weighted by Gasteiger charge is 2.43. The van der Waals surface area contributed by atoms with Gasteiger partial charge in [0, 0.05) is 18.5 Å². The van der Waals surface area contributed by atoms with E-state index in [0.29, 0.717) is 17.9 Å². The normalized spacial score (nSPS) is 15.8. The van der Waals surface area contributed by atoms with Gasteiger partial charge < -0.3 is 10.6 Å². The summed E-state index contributed by atoms with van der Waals surface area (Å²) in [4.78, 5) is 5.14. The van der Waals surface area contributed by atoms with Crippen molar-refractivity contribution in [1.82, 2.24) is 10.6 Å². The van der Waals surface area contributed by atoms with E-state index in [0.717, 1.165) is 31.9 Å². The second kappa shape index (κ2) is 9.24. The van der Waals surface area contributed by atoms with Crippen LogP contribution < -0.4 is 10.6 Å². The monoisotopic (exact) mass is 399 g/mol. The maximum atomic E-state index is 12.4. The molecule has 0 heterocycles. The van der Waals surface area contributed by atoms with Gasteiger partial charge in [-0.25, -0.2) is 8.42 Å². The Morgan fingerprint density at radius 2 is 1.64 bits per heavy atom. The van der Waals surface area contributed by atoms with Crippen LogP contribution in [-0.4, -0.2) is 39.8 Å². The Kier molecular flexibility index (Phi) is 6.73. The SMILES string of the molecule is CCNC(=NCC1(c2ccccc2)CC1)NCCCS(=O)(=O)c1ccccc1. The Labute approximate surface area is 168 Å². The Balaban J connectivity index is 1.52. The lowest BCUT2D eigenvalue weighted by molar-refractivity contribution is 0.592. The summed E-state index contributed by atoms with van der Waals surface area (Å²) in [5.74, 6) is 0.874. The third-order valence-corrected chi connectivity index (χ3v) is 6.92. The van der Waals surface area contributed by atoms with Crippen LogP contribution in [0.1, 0.15) is 31.7 Å². The number of benzene rings is 2. The fraction of sp³-hybridized carbons (Fsp3) is 0.409. The van der Waals surface area contributed by atoms with Crippen molar-refractivity contribution in [2.45, 2.75) is 36.5 Å². The van der Waals surface area contributed by atoms with Crippen molar-refractivity contribution >= 4 is 15.8 Å². The number of nitrogens with zero attached hydrogens (tertiary/aromatic N) is 1. The highest BCUT2D eigenvalue weighted by atomic mass is 32.2. The molecule has 2 aromatic carbocycles. The predicted molar refractivity (Wildman–Crippen MR) is 114 cm³/mol.